The van der Waals surface area contributed by atoms with Gasteiger partial charge in [-0.2, -0.15) is 5.26 Å². The van der Waals surface area contributed by atoms with Crippen molar-refractivity contribution in [3.63, 3.8) is 0 Å². The van der Waals surface area contributed by atoms with Gasteiger partial charge in [-0.15, -0.1) is 12.6 Å². The first kappa shape index (κ1) is 19.4. The van der Waals surface area contributed by atoms with E-state index in [1.54, 1.807) is 55.5 Å². The standard InChI is InChI=1S/C20H15Cl2N3OS/c1-11-17(19(26)25-15-8-6-14(22)7-9-15)18(16(10-23)20(27)24-11)12-2-4-13(21)5-3-12/h2-9,18,24,27H,1H3,(H,25,26). The maximum Gasteiger partial charge on any atom is 0.254 e. The molecule has 0 saturated carbocycles. The summed E-state index contributed by atoms with van der Waals surface area (Å²) in [5.74, 6) is -0.857. The number of rotatable bonds is 3. The van der Waals surface area contributed by atoms with Crippen LogP contribution in [0.3, 0.4) is 0 Å². The van der Waals surface area contributed by atoms with Crippen LogP contribution in [0.25, 0.3) is 0 Å². The predicted octanol–water partition coefficient (Wildman–Crippen LogP) is 5.26. The predicted molar refractivity (Wildman–Crippen MR) is 112 cm³/mol. The number of anilines is 1. The van der Waals surface area contributed by atoms with Crippen molar-refractivity contribution in [3.05, 3.63) is 86.0 Å². The Morgan fingerprint density at radius 3 is 2.22 bits per heavy atom. The number of allylic oxidation sites excluding steroid dienone is 2. The van der Waals surface area contributed by atoms with Crippen LogP contribution in [0, 0.1) is 11.3 Å². The summed E-state index contributed by atoms with van der Waals surface area (Å²) in [5.41, 5.74) is 2.84. The Morgan fingerprint density at radius 1 is 1.11 bits per heavy atom. The lowest BCUT2D eigenvalue weighted by Crippen LogP contribution is -2.30. The Balaban J connectivity index is 2.03. The van der Waals surface area contributed by atoms with E-state index in [1.165, 1.54) is 0 Å². The van der Waals surface area contributed by atoms with Crippen molar-refractivity contribution in [1.82, 2.24) is 5.32 Å². The molecule has 136 valence electrons. The van der Waals surface area contributed by atoms with Gasteiger partial charge in [-0.05, 0) is 48.9 Å². The Kier molecular flexibility index (Phi) is 5.81. The van der Waals surface area contributed by atoms with E-state index in [-0.39, 0.29) is 5.91 Å². The first-order chi connectivity index (χ1) is 12.9. The fourth-order valence-corrected chi connectivity index (χ4v) is 3.55. The molecule has 1 aliphatic rings. The van der Waals surface area contributed by atoms with Crippen molar-refractivity contribution in [2.45, 2.75) is 12.8 Å². The summed E-state index contributed by atoms with van der Waals surface area (Å²) in [5, 5.41) is 17.1. The van der Waals surface area contributed by atoms with Crippen LogP contribution in [0.15, 0.2) is 70.4 Å². The van der Waals surface area contributed by atoms with Crippen LogP contribution in [-0.2, 0) is 4.79 Å². The quantitative estimate of drug-likeness (QED) is 0.599. The molecule has 2 aromatic carbocycles. The second kappa shape index (κ2) is 8.10. The fraction of sp³-hybridized carbons (Fsp3) is 0.100. The molecule has 3 rings (SSSR count). The van der Waals surface area contributed by atoms with Gasteiger partial charge < -0.3 is 10.6 Å². The third-order valence-corrected chi connectivity index (χ3v) is 5.07. The van der Waals surface area contributed by atoms with E-state index in [9.17, 15) is 10.1 Å². The summed E-state index contributed by atoms with van der Waals surface area (Å²) in [6.45, 7) is 1.78. The minimum atomic E-state index is -0.548. The van der Waals surface area contributed by atoms with E-state index in [1.807, 2.05) is 0 Å². The third-order valence-electron chi connectivity index (χ3n) is 4.21. The molecule has 4 nitrogen and oxygen atoms in total. The van der Waals surface area contributed by atoms with Crippen molar-refractivity contribution in [1.29, 1.82) is 5.26 Å². The Labute approximate surface area is 172 Å². The highest BCUT2D eigenvalue weighted by Crippen LogP contribution is 2.39. The van der Waals surface area contributed by atoms with Gasteiger partial charge in [0, 0.05) is 27.0 Å². The number of nitrogens with zero attached hydrogens (tertiary/aromatic N) is 1. The highest BCUT2D eigenvalue weighted by molar-refractivity contribution is 7.84. The van der Waals surface area contributed by atoms with E-state index in [0.29, 0.717) is 37.6 Å². The van der Waals surface area contributed by atoms with Crippen molar-refractivity contribution in [3.8, 4) is 6.07 Å². The molecule has 1 unspecified atom stereocenters. The molecule has 0 radical (unpaired) electrons. The molecule has 2 N–H and O–H groups in total. The van der Waals surface area contributed by atoms with Crippen LogP contribution in [0.5, 0.6) is 0 Å². The summed E-state index contributed by atoms with van der Waals surface area (Å²) in [4.78, 5) is 13.1. The third kappa shape index (κ3) is 4.14. The summed E-state index contributed by atoms with van der Waals surface area (Å²) < 4.78 is 0. The number of hydrogen-bond acceptors (Lipinski definition) is 4. The average Bonchev–Trinajstić information content (AvgIpc) is 2.63. The smallest absolute Gasteiger partial charge is 0.254 e. The zero-order valence-electron chi connectivity index (χ0n) is 14.3. The minimum Gasteiger partial charge on any atom is -0.353 e. The molecule has 7 heteroatoms. The number of carbonyl (C=O) groups excluding carboxylic acids is 1. The lowest BCUT2D eigenvalue weighted by Gasteiger charge is -2.28. The molecule has 1 amide bonds. The van der Waals surface area contributed by atoms with E-state index in [2.05, 4.69) is 29.3 Å². The minimum absolute atomic E-state index is 0.309. The highest BCUT2D eigenvalue weighted by atomic mass is 35.5. The molecule has 0 saturated heterocycles. The van der Waals surface area contributed by atoms with Crippen molar-refractivity contribution >= 4 is 47.4 Å². The Bertz CT molecular complexity index is 989. The van der Waals surface area contributed by atoms with Gasteiger partial charge >= 0.3 is 0 Å². The summed E-state index contributed by atoms with van der Waals surface area (Å²) in [6.07, 6.45) is 0. The second-order valence-electron chi connectivity index (χ2n) is 5.98. The number of carbonyl (C=O) groups is 1. The number of nitrogens with one attached hydrogen (secondary N) is 2. The number of halogens is 2. The number of dihydropyridines is 1. The average molecular weight is 416 g/mol. The van der Waals surface area contributed by atoms with Crippen LogP contribution >= 0.6 is 35.8 Å². The van der Waals surface area contributed by atoms with Crippen LogP contribution in [-0.4, -0.2) is 5.91 Å². The van der Waals surface area contributed by atoms with Gasteiger partial charge in [0.1, 0.15) is 0 Å². The lowest BCUT2D eigenvalue weighted by molar-refractivity contribution is -0.113. The molecule has 1 heterocycles. The first-order valence-corrected chi connectivity index (χ1v) is 9.24. The topological polar surface area (TPSA) is 64.9 Å². The SMILES string of the molecule is CC1=C(C(=O)Nc2ccc(Cl)cc2)C(c2ccc(Cl)cc2)C(C#N)=C(S)N1. The van der Waals surface area contributed by atoms with E-state index < -0.39 is 5.92 Å². The largest absolute Gasteiger partial charge is 0.353 e. The van der Waals surface area contributed by atoms with Crippen LogP contribution in [0.4, 0.5) is 5.69 Å². The maximum atomic E-state index is 13.1. The summed E-state index contributed by atoms with van der Waals surface area (Å²) >= 11 is 16.3. The number of nitriles is 1. The Hall–Kier alpha value is -2.39. The zero-order valence-corrected chi connectivity index (χ0v) is 16.7. The molecular formula is C20H15Cl2N3OS. The Morgan fingerprint density at radius 2 is 1.67 bits per heavy atom. The number of thiol groups is 1. The molecule has 27 heavy (non-hydrogen) atoms. The van der Waals surface area contributed by atoms with Gasteiger partial charge in [-0.25, -0.2) is 0 Å². The van der Waals surface area contributed by atoms with Gasteiger partial charge in [0.15, 0.2) is 0 Å². The second-order valence-corrected chi connectivity index (χ2v) is 7.30. The molecule has 1 atom stereocenters. The zero-order chi connectivity index (χ0) is 19.6. The van der Waals surface area contributed by atoms with Crippen LogP contribution in [0.2, 0.25) is 10.0 Å². The van der Waals surface area contributed by atoms with Gasteiger partial charge in [0.2, 0.25) is 0 Å². The lowest BCUT2D eigenvalue weighted by atomic mass is 9.82. The van der Waals surface area contributed by atoms with Gasteiger partial charge in [-0.1, -0.05) is 35.3 Å². The number of hydrogen-bond donors (Lipinski definition) is 3. The van der Waals surface area contributed by atoms with Gasteiger partial charge in [0.05, 0.1) is 22.6 Å². The number of benzene rings is 2. The molecule has 0 fully saturated rings. The molecule has 0 bridgehead atoms. The molecule has 1 aliphatic heterocycles. The van der Waals surface area contributed by atoms with Crippen molar-refractivity contribution in [2.75, 3.05) is 5.32 Å². The monoisotopic (exact) mass is 415 g/mol. The van der Waals surface area contributed by atoms with Crippen molar-refractivity contribution in [2.24, 2.45) is 0 Å². The number of amides is 1. The van der Waals surface area contributed by atoms with E-state index >= 15 is 0 Å². The first-order valence-electron chi connectivity index (χ1n) is 8.04. The maximum absolute atomic E-state index is 13.1. The van der Waals surface area contributed by atoms with Crippen LogP contribution in [0.1, 0.15) is 18.4 Å². The highest BCUT2D eigenvalue weighted by Gasteiger charge is 2.33. The summed E-state index contributed by atoms with van der Waals surface area (Å²) in [6, 6.07) is 16.1. The van der Waals surface area contributed by atoms with Gasteiger partial charge in [-0.3, -0.25) is 4.79 Å². The van der Waals surface area contributed by atoms with E-state index in [0.717, 1.165) is 5.56 Å². The van der Waals surface area contributed by atoms with E-state index in [4.69, 9.17) is 23.2 Å². The summed E-state index contributed by atoms with van der Waals surface area (Å²) in [7, 11) is 0. The molecule has 2 aromatic rings. The molecular weight excluding hydrogens is 401 g/mol. The normalized spacial score (nSPS) is 16.6. The van der Waals surface area contributed by atoms with Crippen LogP contribution < -0.4 is 10.6 Å². The molecule has 0 spiro atoms. The van der Waals surface area contributed by atoms with Crippen molar-refractivity contribution < 1.29 is 4.79 Å². The van der Waals surface area contributed by atoms with Gasteiger partial charge in [0.25, 0.3) is 5.91 Å². The molecule has 0 aliphatic carbocycles. The molecule has 0 aromatic heterocycles. The fourth-order valence-electron chi connectivity index (χ4n) is 2.95.